The number of carbonyl (C=O) groups is 3. The monoisotopic (exact) mass is 277 g/mol. The Kier molecular flexibility index (Phi) is 15.3. The van der Waals surface area contributed by atoms with Crippen molar-refractivity contribution in [1.82, 2.24) is 0 Å². The van der Waals surface area contributed by atoms with Crippen molar-refractivity contribution in [1.29, 1.82) is 0 Å². The van der Waals surface area contributed by atoms with Crippen LogP contribution in [-0.2, 0) is 19.1 Å². The number of ether oxygens (including phenoxy) is 1. The molecule has 0 saturated heterocycles. The Morgan fingerprint density at radius 2 is 1.17 bits per heavy atom. The van der Waals surface area contributed by atoms with Crippen molar-refractivity contribution in [3.05, 3.63) is 0 Å². The molecule has 3 radical (unpaired) electrons. The van der Waals surface area contributed by atoms with Gasteiger partial charge in [0.1, 0.15) is 0 Å². The minimum absolute atomic E-state index is 0. The first-order valence-corrected chi connectivity index (χ1v) is 2.74. The molecular weight excluding hydrogens is 267 g/mol. The molecule has 0 fully saturated rings. The molecule has 1 N–H and O–H groups in total. The average Bonchev–Trinajstić information content (AvgIpc) is 1.56. The van der Waals surface area contributed by atoms with Crippen LogP contribution < -0.4 is 0 Å². The van der Waals surface area contributed by atoms with Crippen molar-refractivity contribution < 1.29 is 24.2 Å². The summed E-state index contributed by atoms with van der Waals surface area (Å²) in [5.74, 6) is -1.96. The van der Waals surface area contributed by atoms with Crippen LogP contribution >= 0.6 is 0 Å². The van der Waals surface area contributed by atoms with E-state index in [-0.39, 0.29) is 25.8 Å². The molecule has 0 aromatic heterocycles. The summed E-state index contributed by atoms with van der Waals surface area (Å²) in [5, 5.41) is 7.42. The second-order valence-corrected chi connectivity index (χ2v) is 1.60. The van der Waals surface area contributed by atoms with Crippen molar-refractivity contribution in [3.8, 4) is 0 Å². The standard InChI is InChI=1S/C4H6O3.C2H4O2.In/c1-3(5)7-4(2)6;1-2(3)4;/h1-2H3;1H3,(H,3,4);. The fourth-order valence-electron chi connectivity index (χ4n) is 0.202. The molecule has 0 bridgehead atoms. The maximum absolute atomic E-state index is 9.81. The zero-order valence-corrected chi connectivity index (χ0v) is 10.5. The van der Waals surface area contributed by atoms with E-state index in [9.17, 15) is 9.59 Å². The predicted molar refractivity (Wildman–Crippen MR) is 41.5 cm³/mol. The number of carbonyl (C=O) groups excluding carboxylic acids is 2. The van der Waals surface area contributed by atoms with Crippen LogP contribution in [0.3, 0.4) is 0 Å². The topological polar surface area (TPSA) is 80.7 Å². The second kappa shape index (κ2) is 10.5. The van der Waals surface area contributed by atoms with Gasteiger partial charge < -0.3 is 9.84 Å². The molecule has 6 heteroatoms. The first kappa shape index (κ1) is 17.5. The molecule has 0 aliphatic heterocycles. The fourth-order valence-corrected chi connectivity index (χ4v) is 0.202. The van der Waals surface area contributed by atoms with Gasteiger partial charge in [-0.15, -0.1) is 0 Å². The number of hydrogen-bond acceptors (Lipinski definition) is 4. The van der Waals surface area contributed by atoms with Crippen LogP contribution in [-0.4, -0.2) is 48.9 Å². The maximum atomic E-state index is 9.81. The van der Waals surface area contributed by atoms with Gasteiger partial charge in [-0.2, -0.15) is 0 Å². The molecule has 12 heavy (non-hydrogen) atoms. The van der Waals surface area contributed by atoms with E-state index in [4.69, 9.17) is 9.90 Å². The molecular formula is C6H10InO5. The number of rotatable bonds is 0. The molecule has 0 saturated carbocycles. The van der Waals surface area contributed by atoms with Crippen LogP contribution in [0, 0.1) is 0 Å². The Bertz CT molecular complexity index is 149. The number of carboxylic acids is 1. The maximum Gasteiger partial charge on any atom is 0.310 e. The van der Waals surface area contributed by atoms with Gasteiger partial charge in [-0.05, 0) is 0 Å². The van der Waals surface area contributed by atoms with E-state index in [0.29, 0.717) is 0 Å². The summed E-state index contributed by atoms with van der Waals surface area (Å²) in [6.07, 6.45) is 0. The molecule has 0 atom stereocenters. The third-order valence-corrected chi connectivity index (χ3v) is 0.287. The zero-order valence-electron chi connectivity index (χ0n) is 7.16. The van der Waals surface area contributed by atoms with E-state index >= 15 is 0 Å². The van der Waals surface area contributed by atoms with Gasteiger partial charge in [-0.3, -0.25) is 14.4 Å². The van der Waals surface area contributed by atoms with Crippen LogP contribution in [0.1, 0.15) is 20.8 Å². The van der Waals surface area contributed by atoms with E-state index in [1.165, 1.54) is 13.8 Å². The Morgan fingerprint density at radius 1 is 1.00 bits per heavy atom. The fraction of sp³-hybridized carbons (Fsp3) is 0.500. The molecule has 0 unspecified atom stereocenters. The first-order valence-electron chi connectivity index (χ1n) is 2.74. The van der Waals surface area contributed by atoms with Crippen molar-refractivity contribution in [2.75, 3.05) is 0 Å². The minimum Gasteiger partial charge on any atom is -0.481 e. The molecule has 0 aromatic rings. The summed E-state index contributed by atoms with van der Waals surface area (Å²) in [5.41, 5.74) is 0. The molecule has 0 aromatic carbocycles. The third-order valence-electron chi connectivity index (χ3n) is 0.287. The minimum atomic E-state index is -0.833. The normalized spacial score (nSPS) is 6.58. The van der Waals surface area contributed by atoms with Crippen LogP contribution in [0.2, 0.25) is 0 Å². The first-order chi connectivity index (χ1) is 4.86. The molecule has 0 heterocycles. The SMILES string of the molecule is CC(=O)O.CC(=O)OC(C)=O.[In]. The largest absolute Gasteiger partial charge is 0.481 e. The quantitative estimate of drug-likeness (QED) is 0.490. The average molecular weight is 277 g/mol. The summed E-state index contributed by atoms with van der Waals surface area (Å²) >= 11 is 0. The molecule has 5 nitrogen and oxygen atoms in total. The van der Waals surface area contributed by atoms with Crippen molar-refractivity contribution in [2.45, 2.75) is 20.8 Å². The van der Waals surface area contributed by atoms with Gasteiger partial charge in [-0.25, -0.2) is 0 Å². The molecule has 0 aliphatic carbocycles. The Morgan fingerprint density at radius 3 is 1.17 bits per heavy atom. The van der Waals surface area contributed by atoms with Gasteiger partial charge in [0.2, 0.25) is 0 Å². The summed E-state index contributed by atoms with van der Waals surface area (Å²) in [4.78, 5) is 28.6. The van der Waals surface area contributed by atoms with Gasteiger partial charge in [0.25, 0.3) is 5.97 Å². The van der Waals surface area contributed by atoms with Gasteiger partial charge in [0.05, 0.1) is 0 Å². The van der Waals surface area contributed by atoms with Crippen LogP contribution in [0.15, 0.2) is 0 Å². The molecule has 0 amide bonds. The van der Waals surface area contributed by atoms with Gasteiger partial charge in [0.15, 0.2) is 0 Å². The van der Waals surface area contributed by atoms with E-state index in [0.717, 1.165) is 6.92 Å². The van der Waals surface area contributed by atoms with E-state index < -0.39 is 17.9 Å². The van der Waals surface area contributed by atoms with E-state index in [1.807, 2.05) is 0 Å². The summed E-state index contributed by atoms with van der Waals surface area (Å²) < 4.78 is 3.97. The predicted octanol–water partition coefficient (Wildman–Crippen LogP) is -0.194. The van der Waals surface area contributed by atoms with Crippen LogP contribution in [0.5, 0.6) is 0 Å². The van der Waals surface area contributed by atoms with Crippen molar-refractivity contribution in [3.63, 3.8) is 0 Å². The molecule has 0 spiro atoms. The third kappa shape index (κ3) is 56.3. The van der Waals surface area contributed by atoms with E-state index in [1.54, 1.807) is 0 Å². The smallest absolute Gasteiger partial charge is 0.310 e. The van der Waals surface area contributed by atoms with Crippen LogP contribution in [0.4, 0.5) is 0 Å². The van der Waals surface area contributed by atoms with Crippen LogP contribution in [0.25, 0.3) is 0 Å². The zero-order chi connectivity index (χ0) is 9.44. The number of aliphatic carboxylic acids is 1. The number of esters is 2. The summed E-state index contributed by atoms with van der Waals surface area (Å²) in [6.45, 7) is 3.45. The van der Waals surface area contributed by atoms with E-state index in [2.05, 4.69) is 4.74 Å². The molecule has 67 valence electrons. The Labute approximate surface area is 88.9 Å². The molecule has 0 rings (SSSR count). The van der Waals surface area contributed by atoms with Crippen molar-refractivity contribution in [2.24, 2.45) is 0 Å². The Hall–Kier alpha value is -0.520. The van der Waals surface area contributed by atoms with Gasteiger partial charge in [0, 0.05) is 46.6 Å². The second-order valence-electron chi connectivity index (χ2n) is 1.60. The van der Waals surface area contributed by atoms with Gasteiger partial charge >= 0.3 is 11.9 Å². The van der Waals surface area contributed by atoms with Gasteiger partial charge in [-0.1, -0.05) is 0 Å². The summed E-state index contributed by atoms with van der Waals surface area (Å²) in [6, 6.07) is 0. The Balaban J connectivity index is -0.000000142. The number of hydrogen-bond donors (Lipinski definition) is 1. The van der Waals surface area contributed by atoms with Crippen molar-refractivity contribution >= 4 is 43.8 Å². The molecule has 0 aliphatic rings. The summed E-state index contributed by atoms with van der Waals surface area (Å²) in [7, 11) is 0. The number of carboxylic acid groups (broad SMARTS) is 1.